The van der Waals surface area contributed by atoms with E-state index >= 15 is 0 Å². The molecule has 1 amide bonds. The van der Waals surface area contributed by atoms with Crippen molar-refractivity contribution in [3.05, 3.63) is 17.5 Å². The van der Waals surface area contributed by atoms with Gasteiger partial charge >= 0.3 is 0 Å². The number of nitrogens with one attached hydrogen (secondary N) is 2. The third kappa shape index (κ3) is 5.33. The van der Waals surface area contributed by atoms with Gasteiger partial charge in [-0.1, -0.05) is 26.7 Å². The maximum absolute atomic E-state index is 11.9. The molecule has 0 bridgehead atoms. The van der Waals surface area contributed by atoms with Crippen LogP contribution in [-0.4, -0.2) is 28.3 Å². The Morgan fingerprint density at radius 1 is 1.40 bits per heavy atom. The second kappa shape index (κ2) is 8.74. The molecule has 1 aromatic heterocycles. The summed E-state index contributed by atoms with van der Waals surface area (Å²) in [4.78, 5) is 11.9. The zero-order chi connectivity index (χ0) is 15.0. The van der Waals surface area contributed by atoms with Crippen molar-refractivity contribution >= 4 is 5.91 Å². The molecule has 0 saturated carbocycles. The molecular formula is C15H28N4O. The molecule has 1 unspecified atom stereocenters. The molecule has 0 aliphatic rings. The van der Waals surface area contributed by atoms with E-state index in [0.717, 1.165) is 31.5 Å². The van der Waals surface area contributed by atoms with Crippen LogP contribution in [0.15, 0.2) is 6.20 Å². The third-order valence-corrected chi connectivity index (χ3v) is 3.40. The summed E-state index contributed by atoms with van der Waals surface area (Å²) in [5.41, 5.74) is 2.26. The summed E-state index contributed by atoms with van der Waals surface area (Å²) in [5.74, 6) is 0.0723. The fraction of sp³-hybridized carbons (Fsp3) is 0.733. The van der Waals surface area contributed by atoms with Crippen LogP contribution in [0.25, 0.3) is 0 Å². The maximum atomic E-state index is 11.9. The standard InChI is InChI=1S/C15H28N4O/c1-5-7-8-9-16-15(20)12(3)17-10-13-11-19(4)18-14(13)6-2/h11-12,17H,5-10H2,1-4H3,(H,16,20). The topological polar surface area (TPSA) is 59.0 Å². The lowest BCUT2D eigenvalue weighted by molar-refractivity contribution is -0.122. The van der Waals surface area contributed by atoms with E-state index in [4.69, 9.17) is 0 Å². The molecule has 5 heteroatoms. The normalized spacial score (nSPS) is 12.4. The zero-order valence-corrected chi connectivity index (χ0v) is 13.2. The van der Waals surface area contributed by atoms with E-state index in [0.29, 0.717) is 6.54 Å². The highest BCUT2D eigenvalue weighted by Gasteiger charge is 2.13. The van der Waals surface area contributed by atoms with Gasteiger partial charge < -0.3 is 10.6 Å². The SMILES string of the molecule is CCCCCNC(=O)C(C)NCc1cn(C)nc1CC. The number of aromatic nitrogens is 2. The molecule has 0 fully saturated rings. The quantitative estimate of drug-likeness (QED) is 0.678. The minimum atomic E-state index is -0.179. The molecule has 0 aromatic carbocycles. The molecule has 1 heterocycles. The van der Waals surface area contributed by atoms with E-state index in [1.54, 1.807) is 0 Å². The van der Waals surface area contributed by atoms with Gasteiger partial charge in [0.15, 0.2) is 0 Å². The molecule has 20 heavy (non-hydrogen) atoms. The minimum absolute atomic E-state index is 0.0723. The van der Waals surface area contributed by atoms with Gasteiger partial charge in [-0.25, -0.2) is 0 Å². The summed E-state index contributed by atoms with van der Waals surface area (Å²) in [7, 11) is 1.92. The van der Waals surface area contributed by atoms with Gasteiger partial charge in [0.25, 0.3) is 0 Å². The van der Waals surface area contributed by atoms with E-state index in [1.807, 2.05) is 24.9 Å². The third-order valence-electron chi connectivity index (χ3n) is 3.40. The van der Waals surface area contributed by atoms with E-state index < -0.39 is 0 Å². The van der Waals surface area contributed by atoms with Gasteiger partial charge in [0, 0.05) is 31.9 Å². The Morgan fingerprint density at radius 3 is 2.80 bits per heavy atom. The monoisotopic (exact) mass is 280 g/mol. The smallest absolute Gasteiger partial charge is 0.236 e. The molecular weight excluding hydrogens is 252 g/mol. The average molecular weight is 280 g/mol. The number of aryl methyl sites for hydroxylation is 2. The van der Waals surface area contributed by atoms with Crippen molar-refractivity contribution in [2.45, 2.75) is 59.0 Å². The molecule has 1 atom stereocenters. The van der Waals surface area contributed by atoms with Crippen LogP contribution >= 0.6 is 0 Å². The van der Waals surface area contributed by atoms with Crippen LogP contribution in [0.5, 0.6) is 0 Å². The Bertz CT molecular complexity index is 414. The summed E-state index contributed by atoms with van der Waals surface area (Å²) >= 11 is 0. The molecule has 0 aliphatic heterocycles. The first-order valence-corrected chi connectivity index (χ1v) is 7.60. The summed E-state index contributed by atoms with van der Waals surface area (Å²) in [5, 5.41) is 10.6. The van der Waals surface area contributed by atoms with Crippen molar-refractivity contribution in [1.82, 2.24) is 20.4 Å². The predicted molar refractivity (Wildman–Crippen MR) is 81.4 cm³/mol. The summed E-state index contributed by atoms with van der Waals surface area (Å²) in [6, 6.07) is -0.179. The second-order valence-corrected chi connectivity index (χ2v) is 5.23. The molecule has 0 saturated heterocycles. The van der Waals surface area contributed by atoms with Crippen LogP contribution < -0.4 is 10.6 Å². The van der Waals surface area contributed by atoms with Crippen LogP contribution in [0.4, 0.5) is 0 Å². The average Bonchev–Trinajstić information content (AvgIpc) is 2.80. The predicted octanol–water partition coefficient (Wildman–Crippen LogP) is 1.77. The number of amides is 1. The van der Waals surface area contributed by atoms with E-state index in [-0.39, 0.29) is 11.9 Å². The van der Waals surface area contributed by atoms with Gasteiger partial charge in [-0.05, 0) is 19.8 Å². The summed E-state index contributed by atoms with van der Waals surface area (Å²) in [6.07, 6.45) is 6.31. The van der Waals surface area contributed by atoms with Crippen LogP contribution in [0.2, 0.25) is 0 Å². The lowest BCUT2D eigenvalue weighted by Crippen LogP contribution is -2.42. The minimum Gasteiger partial charge on any atom is -0.355 e. The Balaban J connectivity index is 2.34. The molecule has 0 radical (unpaired) electrons. The second-order valence-electron chi connectivity index (χ2n) is 5.23. The Hall–Kier alpha value is -1.36. The number of nitrogens with zero attached hydrogens (tertiary/aromatic N) is 2. The number of carbonyl (C=O) groups excluding carboxylic acids is 1. The Morgan fingerprint density at radius 2 is 2.15 bits per heavy atom. The van der Waals surface area contributed by atoms with Crippen molar-refractivity contribution in [3.63, 3.8) is 0 Å². The van der Waals surface area contributed by atoms with E-state index in [9.17, 15) is 4.79 Å². The number of hydrogen-bond donors (Lipinski definition) is 2. The van der Waals surface area contributed by atoms with E-state index in [2.05, 4.69) is 29.6 Å². The van der Waals surface area contributed by atoms with Gasteiger partial charge in [0.05, 0.1) is 11.7 Å². The highest BCUT2D eigenvalue weighted by molar-refractivity contribution is 5.81. The molecule has 114 valence electrons. The summed E-state index contributed by atoms with van der Waals surface area (Å²) < 4.78 is 1.82. The summed E-state index contributed by atoms with van der Waals surface area (Å²) in [6.45, 7) is 7.60. The molecule has 1 rings (SSSR count). The van der Waals surface area contributed by atoms with Crippen molar-refractivity contribution in [2.75, 3.05) is 6.54 Å². The largest absolute Gasteiger partial charge is 0.355 e. The van der Waals surface area contributed by atoms with Gasteiger partial charge in [0.2, 0.25) is 5.91 Å². The van der Waals surface area contributed by atoms with Crippen LogP contribution in [0.1, 0.15) is 51.3 Å². The maximum Gasteiger partial charge on any atom is 0.236 e. The fourth-order valence-corrected chi connectivity index (χ4v) is 2.12. The van der Waals surface area contributed by atoms with Crippen LogP contribution in [0.3, 0.4) is 0 Å². The molecule has 0 spiro atoms. The van der Waals surface area contributed by atoms with Crippen molar-refractivity contribution in [2.24, 2.45) is 7.05 Å². The van der Waals surface area contributed by atoms with Gasteiger partial charge in [0.1, 0.15) is 0 Å². The van der Waals surface area contributed by atoms with Crippen LogP contribution in [0, 0.1) is 0 Å². The van der Waals surface area contributed by atoms with Crippen molar-refractivity contribution in [3.8, 4) is 0 Å². The van der Waals surface area contributed by atoms with Crippen molar-refractivity contribution < 1.29 is 4.79 Å². The first kappa shape index (κ1) is 16.7. The molecule has 2 N–H and O–H groups in total. The highest BCUT2D eigenvalue weighted by atomic mass is 16.2. The van der Waals surface area contributed by atoms with Crippen LogP contribution in [-0.2, 0) is 24.8 Å². The number of unbranched alkanes of at least 4 members (excludes halogenated alkanes) is 2. The molecule has 5 nitrogen and oxygen atoms in total. The Kier molecular flexibility index (Phi) is 7.30. The van der Waals surface area contributed by atoms with Crippen molar-refractivity contribution in [1.29, 1.82) is 0 Å². The highest BCUT2D eigenvalue weighted by Crippen LogP contribution is 2.07. The lowest BCUT2D eigenvalue weighted by Gasteiger charge is -2.13. The molecule has 1 aromatic rings. The Labute approximate surface area is 122 Å². The number of hydrogen-bond acceptors (Lipinski definition) is 3. The van der Waals surface area contributed by atoms with Gasteiger partial charge in [-0.3, -0.25) is 9.48 Å². The first-order chi connectivity index (χ1) is 9.58. The van der Waals surface area contributed by atoms with Gasteiger partial charge in [-0.15, -0.1) is 0 Å². The fourth-order valence-electron chi connectivity index (χ4n) is 2.12. The number of carbonyl (C=O) groups is 1. The zero-order valence-electron chi connectivity index (χ0n) is 13.2. The van der Waals surface area contributed by atoms with E-state index in [1.165, 1.54) is 12.0 Å². The van der Waals surface area contributed by atoms with Gasteiger partial charge in [-0.2, -0.15) is 5.10 Å². The number of rotatable bonds is 9. The first-order valence-electron chi connectivity index (χ1n) is 7.60. The molecule has 0 aliphatic carbocycles. The lowest BCUT2D eigenvalue weighted by atomic mass is 10.2.